The minimum absolute atomic E-state index is 0.181. The van der Waals surface area contributed by atoms with Gasteiger partial charge in [-0.3, -0.25) is 4.79 Å². The number of hydrogen-bond acceptors (Lipinski definition) is 2. The van der Waals surface area contributed by atoms with Crippen LogP contribution in [0.15, 0.2) is 0 Å². The zero-order chi connectivity index (χ0) is 22.0. The minimum atomic E-state index is -0.181. The van der Waals surface area contributed by atoms with E-state index in [0.717, 1.165) is 37.5 Å². The van der Waals surface area contributed by atoms with E-state index in [4.69, 9.17) is 4.74 Å². The maximum Gasteiger partial charge on any atom is 0.312 e. The summed E-state index contributed by atoms with van der Waals surface area (Å²) in [6, 6.07) is 0. The van der Waals surface area contributed by atoms with Crippen molar-refractivity contribution in [1.82, 2.24) is 0 Å². The van der Waals surface area contributed by atoms with Crippen molar-refractivity contribution in [2.75, 3.05) is 6.61 Å². The molecule has 0 aliphatic heterocycles. The first-order chi connectivity index (χ1) is 15.2. The van der Waals surface area contributed by atoms with E-state index < -0.39 is 0 Å². The van der Waals surface area contributed by atoms with Gasteiger partial charge in [-0.05, 0) is 68.6 Å². The predicted molar refractivity (Wildman–Crippen MR) is 131 cm³/mol. The average Bonchev–Trinajstić information content (AvgIpc) is 2.84. The van der Waals surface area contributed by atoms with Crippen molar-refractivity contribution < 1.29 is 9.53 Å². The number of ether oxygens (including phenoxy) is 1. The standard InChI is InChI=1S/C29H52O2/c1-3-5-6-7-8-15-24-31-27(30)29(20-13-10-14-21-29)28(4-2)22-18-26(19-23-28)25-16-11-9-12-17-25/h25-26H,3-24H2,1-2H3/t26-,28+. The molecule has 0 radical (unpaired) electrons. The molecular weight excluding hydrogens is 380 g/mol. The minimum Gasteiger partial charge on any atom is -0.465 e. The Morgan fingerprint density at radius 2 is 1.29 bits per heavy atom. The molecular formula is C29H52O2. The largest absolute Gasteiger partial charge is 0.465 e. The second kappa shape index (κ2) is 12.6. The highest BCUT2D eigenvalue weighted by atomic mass is 16.5. The van der Waals surface area contributed by atoms with Crippen LogP contribution in [-0.4, -0.2) is 12.6 Å². The monoisotopic (exact) mass is 432 g/mol. The lowest BCUT2D eigenvalue weighted by Crippen LogP contribution is -2.51. The number of rotatable bonds is 11. The highest BCUT2D eigenvalue weighted by molar-refractivity contribution is 5.78. The molecule has 0 aromatic carbocycles. The van der Waals surface area contributed by atoms with Gasteiger partial charge in [-0.25, -0.2) is 0 Å². The molecule has 0 aromatic rings. The molecule has 0 unspecified atom stereocenters. The molecule has 0 spiro atoms. The molecule has 0 heterocycles. The van der Waals surface area contributed by atoms with E-state index in [-0.39, 0.29) is 16.8 Å². The highest BCUT2D eigenvalue weighted by Gasteiger charge is 2.57. The van der Waals surface area contributed by atoms with E-state index in [1.54, 1.807) is 0 Å². The van der Waals surface area contributed by atoms with Crippen LogP contribution in [0.25, 0.3) is 0 Å². The van der Waals surface area contributed by atoms with Crippen molar-refractivity contribution in [2.24, 2.45) is 22.7 Å². The van der Waals surface area contributed by atoms with Gasteiger partial charge in [-0.1, -0.05) is 97.3 Å². The van der Waals surface area contributed by atoms with E-state index >= 15 is 0 Å². The number of unbranched alkanes of at least 4 members (excludes halogenated alkanes) is 5. The van der Waals surface area contributed by atoms with Gasteiger partial charge in [0.05, 0.1) is 12.0 Å². The predicted octanol–water partition coefficient (Wildman–Crippen LogP) is 9.01. The van der Waals surface area contributed by atoms with Crippen LogP contribution in [0.4, 0.5) is 0 Å². The van der Waals surface area contributed by atoms with Crippen LogP contribution in [-0.2, 0) is 9.53 Å². The number of esters is 1. The lowest BCUT2D eigenvalue weighted by atomic mass is 9.49. The average molecular weight is 433 g/mol. The van der Waals surface area contributed by atoms with E-state index in [9.17, 15) is 4.79 Å². The molecule has 0 bridgehead atoms. The van der Waals surface area contributed by atoms with Gasteiger partial charge in [-0.15, -0.1) is 0 Å². The van der Waals surface area contributed by atoms with Crippen LogP contribution in [0.3, 0.4) is 0 Å². The van der Waals surface area contributed by atoms with Crippen molar-refractivity contribution in [3.05, 3.63) is 0 Å². The molecule has 0 aromatic heterocycles. The maximum absolute atomic E-state index is 13.7. The summed E-state index contributed by atoms with van der Waals surface area (Å²) < 4.78 is 6.08. The first kappa shape index (κ1) is 25.1. The molecule has 180 valence electrons. The SMILES string of the molecule is CCCCCCCCOC(=O)C1([C@]2(CC)CC[C@H](C3CCCCC3)CC2)CCCCC1. The summed E-state index contributed by atoms with van der Waals surface area (Å²) in [4.78, 5) is 13.7. The fourth-order valence-corrected chi connectivity index (χ4v) is 7.73. The van der Waals surface area contributed by atoms with Gasteiger partial charge >= 0.3 is 5.97 Å². The molecule has 3 aliphatic carbocycles. The fraction of sp³-hybridized carbons (Fsp3) is 0.966. The van der Waals surface area contributed by atoms with E-state index in [2.05, 4.69) is 13.8 Å². The zero-order valence-electron chi connectivity index (χ0n) is 21.0. The summed E-state index contributed by atoms with van der Waals surface area (Å²) in [7, 11) is 0. The Morgan fingerprint density at radius 1 is 0.710 bits per heavy atom. The van der Waals surface area contributed by atoms with Crippen molar-refractivity contribution in [2.45, 2.75) is 149 Å². The normalized spacial score (nSPS) is 29.5. The third kappa shape index (κ3) is 6.08. The van der Waals surface area contributed by atoms with Gasteiger partial charge < -0.3 is 4.74 Å². The molecule has 2 nitrogen and oxygen atoms in total. The molecule has 3 saturated carbocycles. The van der Waals surface area contributed by atoms with Crippen LogP contribution in [0, 0.1) is 22.7 Å². The van der Waals surface area contributed by atoms with Gasteiger partial charge in [0.2, 0.25) is 0 Å². The van der Waals surface area contributed by atoms with Crippen molar-refractivity contribution in [3.63, 3.8) is 0 Å². The summed E-state index contributed by atoms with van der Waals surface area (Å²) in [6.07, 6.45) is 27.2. The highest BCUT2D eigenvalue weighted by Crippen LogP contribution is 2.60. The summed E-state index contributed by atoms with van der Waals surface area (Å²) in [5.41, 5.74) is 0.0243. The van der Waals surface area contributed by atoms with Crippen molar-refractivity contribution in [3.8, 4) is 0 Å². The molecule has 2 heteroatoms. The van der Waals surface area contributed by atoms with Gasteiger partial charge in [0.25, 0.3) is 0 Å². The van der Waals surface area contributed by atoms with Gasteiger partial charge in [-0.2, -0.15) is 0 Å². The Bertz CT molecular complexity index is 505. The number of carbonyl (C=O) groups excluding carboxylic acids is 1. The Balaban J connectivity index is 1.59. The maximum atomic E-state index is 13.7. The third-order valence-corrected chi connectivity index (χ3v) is 9.82. The van der Waals surface area contributed by atoms with Gasteiger partial charge in [0.1, 0.15) is 0 Å². The van der Waals surface area contributed by atoms with Crippen molar-refractivity contribution in [1.29, 1.82) is 0 Å². The van der Waals surface area contributed by atoms with Crippen LogP contribution in [0.5, 0.6) is 0 Å². The quantitative estimate of drug-likeness (QED) is 0.240. The second-order valence-corrected chi connectivity index (χ2v) is 11.4. The van der Waals surface area contributed by atoms with Crippen LogP contribution in [0.1, 0.15) is 149 Å². The number of hydrogen-bond donors (Lipinski definition) is 0. The lowest BCUT2D eigenvalue weighted by Gasteiger charge is -2.54. The smallest absolute Gasteiger partial charge is 0.312 e. The first-order valence-electron chi connectivity index (χ1n) is 14.3. The van der Waals surface area contributed by atoms with Crippen LogP contribution < -0.4 is 0 Å². The summed E-state index contributed by atoms with van der Waals surface area (Å²) in [5, 5.41) is 0. The molecule has 0 amide bonds. The summed E-state index contributed by atoms with van der Waals surface area (Å²) in [6.45, 7) is 5.28. The molecule has 3 aliphatic rings. The van der Waals surface area contributed by atoms with E-state index in [1.165, 1.54) is 109 Å². The topological polar surface area (TPSA) is 26.3 Å². The summed E-state index contributed by atoms with van der Waals surface area (Å²) >= 11 is 0. The molecule has 3 fully saturated rings. The Kier molecular flexibility index (Phi) is 10.2. The van der Waals surface area contributed by atoms with Gasteiger partial charge in [0.15, 0.2) is 0 Å². The molecule has 31 heavy (non-hydrogen) atoms. The fourth-order valence-electron chi connectivity index (χ4n) is 7.73. The van der Waals surface area contributed by atoms with Crippen LogP contribution >= 0.6 is 0 Å². The van der Waals surface area contributed by atoms with Crippen molar-refractivity contribution >= 4 is 5.97 Å². The van der Waals surface area contributed by atoms with E-state index in [1.807, 2.05) is 0 Å². The van der Waals surface area contributed by atoms with Gasteiger partial charge in [0, 0.05) is 0 Å². The lowest BCUT2D eigenvalue weighted by molar-refractivity contribution is -0.175. The van der Waals surface area contributed by atoms with E-state index in [0.29, 0.717) is 6.61 Å². The Labute approximate surface area is 193 Å². The second-order valence-electron chi connectivity index (χ2n) is 11.4. The van der Waals surface area contributed by atoms with Crippen LogP contribution in [0.2, 0.25) is 0 Å². The molecule has 0 N–H and O–H groups in total. The summed E-state index contributed by atoms with van der Waals surface area (Å²) in [5.74, 6) is 2.10. The first-order valence-corrected chi connectivity index (χ1v) is 14.3. The molecule has 0 saturated heterocycles. The number of carbonyl (C=O) groups is 1. The zero-order valence-corrected chi connectivity index (χ0v) is 21.0. The third-order valence-electron chi connectivity index (χ3n) is 9.82. The Morgan fingerprint density at radius 3 is 1.94 bits per heavy atom. The Hall–Kier alpha value is -0.530. The molecule has 0 atom stereocenters. The molecule has 3 rings (SSSR count).